The lowest BCUT2D eigenvalue weighted by molar-refractivity contribution is -0.385. The fourth-order valence-electron chi connectivity index (χ4n) is 4.79. The zero-order valence-corrected chi connectivity index (χ0v) is 23.5. The number of nitro groups is 2. The van der Waals surface area contributed by atoms with E-state index in [1.165, 1.54) is 58.3 Å². The van der Waals surface area contributed by atoms with Gasteiger partial charge in [-0.2, -0.15) is 12.6 Å². The first kappa shape index (κ1) is 31.0. The summed E-state index contributed by atoms with van der Waals surface area (Å²) < 4.78 is 10.6. The monoisotopic (exact) mass is 616 g/mol. The summed E-state index contributed by atoms with van der Waals surface area (Å²) in [6, 6.07) is 8.78. The number of non-ortho nitro benzene ring substituents is 2. The molecule has 2 fully saturated rings. The maximum absolute atomic E-state index is 13.5. The molecule has 2 heterocycles. The molecule has 2 N–H and O–H groups in total. The topological polar surface area (TPSA) is 209 Å². The highest BCUT2D eigenvalue weighted by Crippen LogP contribution is 2.26. The number of hydrogen-bond donors (Lipinski definition) is 2. The number of nitro benzene ring substituents is 2. The van der Waals surface area contributed by atoms with E-state index in [2.05, 4.69) is 12.6 Å². The molecule has 43 heavy (non-hydrogen) atoms. The van der Waals surface area contributed by atoms with E-state index in [-0.39, 0.29) is 62.4 Å². The molecule has 2 aromatic rings. The van der Waals surface area contributed by atoms with Gasteiger partial charge in [0.05, 0.1) is 16.4 Å². The van der Waals surface area contributed by atoms with Crippen LogP contribution >= 0.6 is 12.6 Å². The summed E-state index contributed by atoms with van der Waals surface area (Å²) in [4.78, 5) is 75.7. The minimum absolute atomic E-state index is 0.0364. The van der Waals surface area contributed by atoms with Crippen LogP contribution in [0.4, 0.5) is 21.0 Å². The van der Waals surface area contributed by atoms with Crippen molar-refractivity contribution in [3.8, 4) is 0 Å². The average Bonchev–Trinajstić information content (AvgIpc) is 3.39. The molecule has 17 heteroatoms. The molecule has 2 aliphatic heterocycles. The van der Waals surface area contributed by atoms with E-state index in [1.807, 2.05) is 0 Å². The van der Waals surface area contributed by atoms with Crippen LogP contribution in [0, 0.1) is 20.2 Å². The third-order valence-corrected chi connectivity index (χ3v) is 7.45. The Kier molecular flexibility index (Phi) is 9.64. The van der Waals surface area contributed by atoms with Crippen molar-refractivity contribution in [3.63, 3.8) is 0 Å². The second kappa shape index (κ2) is 13.4. The largest absolute Gasteiger partial charge is 0.445 e. The molecule has 0 radical (unpaired) electrons. The van der Waals surface area contributed by atoms with Crippen molar-refractivity contribution >= 4 is 48.0 Å². The Morgan fingerprint density at radius 3 is 1.74 bits per heavy atom. The van der Waals surface area contributed by atoms with Gasteiger partial charge in [-0.05, 0) is 41.8 Å². The predicted octanol–water partition coefficient (Wildman–Crippen LogP) is 1.85. The van der Waals surface area contributed by atoms with Gasteiger partial charge in [0.25, 0.3) is 11.4 Å². The van der Waals surface area contributed by atoms with Crippen molar-refractivity contribution in [1.82, 2.24) is 14.7 Å². The van der Waals surface area contributed by atoms with Gasteiger partial charge in [-0.1, -0.05) is 0 Å². The minimum atomic E-state index is -1.20. The maximum atomic E-state index is 13.5. The standard InChI is InChI=1S/C26H28N6O10S/c27-23(33)22-13-28(9-10-29(22)25(35)41-14-16-1-5-18(6-2-16)31(37)38)24(34)21-11-20(43)12-30(21)26(36)42-15-17-3-7-19(8-4-17)32(39)40/h1-8,20-22,43H,9-15H2,(H2,27,33). The second-order valence-electron chi connectivity index (χ2n) is 9.91. The van der Waals surface area contributed by atoms with Crippen molar-refractivity contribution in [2.45, 2.75) is 37.0 Å². The first-order valence-corrected chi connectivity index (χ1v) is 13.6. The van der Waals surface area contributed by atoms with Crippen LogP contribution in [-0.4, -0.2) is 92.1 Å². The molecule has 4 rings (SSSR count). The number of rotatable bonds is 8. The number of thiol groups is 1. The van der Waals surface area contributed by atoms with E-state index in [0.717, 1.165) is 4.90 Å². The van der Waals surface area contributed by atoms with Crippen LogP contribution in [0.1, 0.15) is 17.5 Å². The number of nitrogens with zero attached hydrogens (tertiary/aromatic N) is 5. The molecule has 0 saturated carbocycles. The molecule has 2 aliphatic rings. The highest BCUT2D eigenvalue weighted by molar-refractivity contribution is 7.81. The third-order valence-electron chi connectivity index (χ3n) is 7.07. The highest BCUT2D eigenvalue weighted by Gasteiger charge is 2.44. The van der Waals surface area contributed by atoms with Gasteiger partial charge in [0.2, 0.25) is 11.8 Å². The fourth-order valence-corrected chi connectivity index (χ4v) is 5.16. The molecule has 0 aromatic heterocycles. The summed E-state index contributed by atoms with van der Waals surface area (Å²) >= 11 is 4.43. The summed E-state index contributed by atoms with van der Waals surface area (Å²) in [5, 5.41) is 21.3. The van der Waals surface area contributed by atoms with Crippen molar-refractivity contribution in [2.75, 3.05) is 26.2 Å². The van der Waals surface area contributed by atoms with Gasteiger partial charge >= 0.3 is 12.2 Å². The van der Waals surface area contributed by atoms with Crippen molar-refractivity contribution in [1.29, 1.82) is 0 Å². The third kappa shape index (κ3) is 7.48. The van der Waals surface area contributed by atoms with Gasteiger partial charge < -0.3 is 20.1 Å². The van der Waals surface area contributed by atoms with E-state index in [1.54, 1.807) is 0 Å². The Balaban J connectivity index is 1.35. The number of amides is 4. The van der Waals surface area contributed by atoms with Crippen molar-refractivity contribution in [3.05, 3.63) is 79.9 Å². The molecule has 0 spiro atoms. The lowest BCUT2D eigenvalue weighted by Gasteiger charge is -2.40. The summed E-state index contributed by atoms with van der Waals surface area (Å²) in [6.07, 6.45) is -1.39. The number of hydrogen-bond acceptors (Lipinski definition) is 11. The van der Waals surface area contributed by atoms with Gasteiger partial charge in [0.15, 0.2) is 0 Å². The molecule has 4 amide bonds. The van der Waals surface area contributed by atoms with Crippen LogP contribution < -0.4 is 5.73 Å². The Labute approximate surface area is 250 Å². The molecular weight excluding hydrogens is 588 g/mol. The zero-order valence-electron chi connectivity index (χ0n) is 22.6. The molecule has 228 valence electrons. The normalized spacial score (nSPS) is 19.9. The molecular formula is C26H28N6O10S. The van der Waals surface area contributed by atoms with Crippen LogP contribution in [0.15, 0.2) is 48.5 Å². The van der Waals surface area contributed by atoms with Gasteiger partial charge in [0.1, 0.15) is 25.3 Å². The van der Waals surface area contributed by atoms with E-state index in [4.69, 9.17) is 15.2 Å². The maximum Gasteiger partial charge on any atom is 0.410 e. The summed E-state index contributed by atoms with van der Waals surface area (Å²) in [7, 11) is 0. The van der Waals surface area contributed by atoms with E-state index in [9.17, 15) is 39.4 Å². The van der Waals surface area contributed by atoms with E-state index < -0.39 is 45.9 Å². The average molecular weight is 617 g/mol. The Bertz CT molecular complexity index is 1410. The number of primary amides is 1. The number of carbonyl (C=O) groups is 4. The van der Waals surface area contributed by atoms with Gasteiger partial charge in [-0.25, -0.2) is 9.59 Å². The number of piperazine rings is 1. The number of benzene rings is 2. The number of likely N-dealkylation sites (tertiary alicyclic amines) is 1. The lowest BCUT2D eigenvalue weighted by atomic mass is 10.1. The first-order valence-electron chi connectivity index (χ1n) is 13.0. The quantitative estimate of drug-likeness (QED) is 0.250. The van der Waals surface area contributed by atoms with Gasteiger partial charge in [-0.15, -0.1) is 0 Å². The van der Waals surface area contributed by atoms with Crippen LogP contribution in [-0.2, 0) is 32.3 Å². The smallest absolute Gasteiger partial charge is 0.410 e. The molecule has 2 saturated heterocycles. The second-order valence-corrected chi connectivity index (χ2v) is 10.6. The van der Waals surface area contributed by atoms with Gasteiger partial charge in [0, 0.05) is 49.1 Å². The van der Waals surface area contributed by atoms with Crippen molar-refractivity contribution < 1.29 is 38.5 Å². The predicted molar refractivity (Wildman–Crippen MR) is 151 cm³/mol. The molecule has 0 bridgehead atoms. The van der Waals surface area contributed by atoms with Gasteiger partial charge in [-0.3, -0.25) is 39.6 Å². The highest BCUT2D eigenvalue weighted by atomic mass is 32.1. The SMILES string of the molecule is NC(=O)C1CN(C(=O)C2CC(S)CN2C(=O)OCc2ccc([N+](=O)[O-])cc2)CCN1C(=O)OCc1ccc([N+](=O)[O-])cc1. The lowest BCUT2D eigenvalue weighted by Crippen LogP contribution is -2.62. The van der Waals surface area contributed by atoms with Crippen LogP contribution in [0.2, 0.25) is 0 Å². The Morgan fingerprint density at radius 1 is 0.791 bits per heavy atom. The first-order chi connectivity index (χ1) is 20.4. The van der Waals surface area contributed by atoms with Crippen molar-refractivity contribution in [2.24, 2.45) is 5.73 Å². The van der Waals surface area contributed by atoms with Crippen LogP contribution in [0.5, 0.6) is 0 Å². The minimum Gasteiger partial charge on any atom is -0.445 e. The zero-order chi connectivity index (χ0) is 31.3. The summed E-state index contributed by atoms with van der Waals surface area (Å²) in [5.41, 5.74) is 6.34. The fraction of sp³-hybridized carbons (Fsp3) is 0.385. The summed E-state index contributed by atoms with van der Waals surface area (Å²) in [6.45, 7) is -0.499. The molecule has 16 nitrogen and oxygen atoms in total. The Hall–Kier alpha value is -4.93. The van der Waals surface area contributed by atoms with E-state index >= 15 is 0 Å². The van der Waals surface area contributed by atoms with E-state index in [0.29, 0.717) is 11.1 Å². The number of ether oxygens (including phenoxy) is 2. The van der Waals surface area contributed by atoms with Crippen LogP contribution in [0.3, 0.4) is 0 Å². The molecule has 2 aromatic carbocycles. The molecule has 3 atom stereocenters. The molecule has 0 aliphatic carbocycles. The summed E-state index contributed by atoms with van der Waals surface area (Å²) in [5.74, 6) is -1.32. The Morgan fingerprint density at radius 2 is 1.28 bits per heavy atom. The molecule has 3 unspecified atom stereocenters. The number of nitrogens with two attached hydrogens (primary N) is 1. The van der Waals surface area contributed by atoms with Crippen LogP contribution in [0.25, 0.3) is 0 Å². The number of carbonyl (C=O) groups excluding carboxylic acids is 4.